The van der Waals surface area contributed by atoms with Crippen molar-refractivity contribution >= 4 is 5.97 Å². The molecule has 0 saturated heterocycles. The lowest BCUT2D eigenvalue weighted by Gasteiger charge is -2.40. The van der Waals surface area contributed by atoms with Gasteiger partial charge in [0.05, 0.1) is 12.0 Å². The summed E-state index contributed by atoms with van der Waals surface area (Å²) in [4.78, 5) is 15.8. The quantitative estimate of drug-likeness (QED) is 0.877. The Labute approximate surface area is 134 Å². The number of carboxylic acids is 1. The highest BCUT2D eigenvalue weighted by atomic mass is 16.4. The zero-order chi connectivity index (χ0) is 16.5. The lowest BCUT2D eigenvalue weighted by Crippen LogP contribution is -2.54. The van der Waals surface area contributed by atoms with Gasteiger partial charge >= 0.3 is 5.97 Å². The van der Waals surface area contributed by atoms with Crippen LogP contribution < -0.4 is 0 Å². The SMILES string of the molecule is C[C@]1(C(=O)O)CC[C@H](Cc2ccccc2)[C@@]1(O)Cn1cncn1. The molecule has 0 aliphatic heterocycles. The number of aliphatic hydroxyl groups is 1. The van der Waals surface area contributed by atoms with Gasteiger partial charge in [-0.1, -0.05) is 30.3 Å². The van der Waals surface area contributed by atoms with E-state index in [-0.39, 0.29) is 12.5 Å². The molecule has 1 aliphatic rings. The molecule has 1 aromatic carbocycles. The Morgan fingerprint density at radius 3 is 2.74 bits per heavy atom. The van der Waals surface area contributed by atoms with Gasteiger partial charge < -0.3 is 10.2 Å². The zero-order valence-corrected chi connectivity index (χ0v) is 13.1. The van der Waals surface area contributed by atoms with Crippen LogP contribution in [0.3, 0.4) is 0 Å². The maximum atomic E-state index is 11.9. The number of benzene rings is 1. The predicted molar refractivity (Wildman–Crippen MR) is 83.6 cm³/mol. The third-order valence-electron chi connectivity index (χ3n) is 5.29. The van der Waals surface area contributed by atoms with Gasteiger partial charge in [0, 0.05) is 0 Å². The summed E-state index contributed by atoms with van der Waals surface area (Å²) in [5, 5.41) is 25.2. The second-order valence-corrected chi connectivity index (χ2v) is 6.58. The van der Waals surface area contributed by atoms with Crippen LogP contribution in [0.15, 0.2) is 43.0 Å². The van der Waals surface area contributed by atoms with Gasteiger partial charge in [0.1, 0.15) is 18.3 Å². The average Bonchev–Trinajstić information content (AvgIpc) is 3.11. The van der Waals surface area contributed by atoms with Gasteiger partial charge in [-0.05, 0) is 37.7 Å². The number of rotatable bonds is 5. The molecule has 0 amide bonds. The first-order chi connectivity index (χ1) is 11.0. The highest BCUT2D eigenvalue weighted by Crippen LogP contribution is 2.52. The van der Waals surface area contributed by atoms with E-state index in [9.17, 15) is 15.0 Å². The van der Waals surface area contributed by atoms with Crippen LogP contribution in [0, 0.1) is 11.3 Å². The van der Waals surface area contributed by atoms with Crippen LogP contribution in [0.5, 0.6) is 0 Å². The van der Waals surface area contributed by atoms with Gasteiger partial charge in [-0.2, -0.15) is 5.10 Å². The average molecular weight is 315 g/mol. The Morgan fingerprint density at radius 1 is 1.39 bits per heavy atom. The van der Waals surface area contributed by atoms with E-state index in [4.69, 9.17) is 0 Å². The highest BCUT2D eigenvalue weighted by molar-refractivity contribution is 5.76. The number of aliphatic carboxylic acids is 1. The molecule has 0 unspecified atom stereocenters. The zero-order valence-electron chi connectivity index (χ0n) is 13.1. The van der Waals surface area contributed by atoms with Crippen LogP contribution in [0.2, 0.25) is 0 Å². The number of carboxylic acid groups (broad SMARTS) is 1. The molecular weight excluding hydrogens is 294 g/mol. The fraction of sp³-hybridized carbons (Fsp3) is 0.471. The van der Waals surface area contributed by atoms with E-state index < -0.39 is 17.0 Å². The summed E-state index contributed by atoms with van der Waals surface area (Å²) >= 11 is 0. The summed E-state index contributed by atoms with van der Waals surface area (Å²) in [5.74, 6) is -1.11. The second-order valence-electron chi connectivity index (χ2n) is 6.58. The minimum Gasteiger partial charge on any atom is -0.481 e. The molecule has 2 N–H and O–H groups in total. The molecule has 1 saturated carbocycles. The van der Waals surface area contributed by atoms with Crippen molar-refractivity contribution in [2.45, 2.75) is 38.3 Å². The number of carbonyl (C=O) groups is 1. The summed E-state index contributed by atoms with van der Waals surface area (Å²) in [6.45, 7) is 1.77. The number of hydrogen-bond acceptors (Lipinski definition) is 4. The van der Waals surface area contributed by atoms with Crippen LogP contribution >= 0.6 is 0 Å². The number of aromatic nitrogens is 3. The van der Waals surface area contributed by atoms with E-state index in [0.717, 1.165) is 5.56 Å². The lowest BCUT2D eigenvalue weighted by molar-refractivity contribution is -0.169. The van der Waals surface area contributed by atoms with Crippen LogP contribution in [0.1, 0.15) is 25.3 Å². The first-order valence-corrected chi connectivity index (χ1v) is 7.78. The van der Waals surface area contributed by atoms with Gasteiger partial charge in [-0.15, -0.1) is 0 Å². The Bertz CT molecular complexity index is 674. The summed E-state index contributed by atoms with van der Waals surface area (Å²) in [5.41, 5.74) is -1.47. The standard InChI is InChI=1S/C17H21N3O3/c1-16(15(21)22)8-7-14(9-13-5-3-2-4-6-13)17(16,23)10-20-12-18-11-19-20/h2-6,11-12,14,23H,7-10H2,1H3,(H,21,22)/t14-,16-,17+/m1/s1. The molecule has 1 heterocycles. The molecule has 3 atom stereocenters. The van der Waals surface area contributed by atoms with E-state index in [1.165, 1.54) is 17.3 Å². The van der Waals surface area contributed by atoms with Gasteiger partial charge in [-0.25, -0.2) is 4.98 Å². The molecule has 6 nitrogen and oxygen atoms in total. The van der Waals surface area contributed by atoms with Crippen molar-refractivity contribution in [2.24, 2.45) is 11.3 Å². The van der Waals surface area contributed by atoms with Gasteiger partial charge in [0.15, 0.2) is 0 Å². The summed E-state index contributed by atoms with van der Waals surface area (Å²) in [6, 6.07) is 9.87. The van der Waals surface area contributed by atoms with Gasteiger partial charge in [-0.3, -0.25) is 9.48 Å². The first kappa shape index (κ1) is 15.7. The topological polar surface area (TPSA) is 88.2 Å². The molecule has 6 heteroatoms. The maximum absolute atomic E-state index is 11.9. The fourth-order valence-electron chi connectivity index (χ4n) is 3.70. The van der Waals surface area contributed by atoms with Gasteiger partial charge in [0.25, 0.3) is 0 Å². The molecule has 1 aliphatic carbocycles. The Morgan fingerprint density at radius 2 is 2.13 bits per heavy atom. The van der Waals surface area contributed by atoms with Crippen LogP contribution in [-0.2, 0) is 17.8 Å². The first-order valence-electron chi connectivity index (χ1n) is 7.78. The predicted octanol–water partition coefficient (Wildman–Crippen LogP) is 1.75. The third-order valence-corrected chi connectivity index (χ3v) is 5.29. The van der Waals surface area contributed by atoms with Crippen LogP contribution in [0.25, 0.3) is 0 Å². The number of nitrogens with zero attached hydrogens (tertiary/aromatic N) is 3. The largest absolute Gasteiger partial charge is 0.481 e. The molecule has 1 aromatic heterocycles. The molecular formula is C17H21N3O3. The van der Waals surface area contributed by atoms with Crippen molar-refractivity contribution in [1.29, 1.82) is 0 Å². The summed E-state index contributed by atoms with van der Waals surface area (Å²) < 4.78 is 1.52. The molecule has 23 heavy (non-hydrogen) atoms. The fourth-order valence-corrected chi connectivity index (χ4v) is 3.70. The second kappa shape index (κ2) is 5.77. The summed E-state index contributed by atoms with van der Waals surface area (Å²) in [6.07, 6.45) is 4.67. The van der Waals surface area contributed by atoms with Gasteiger partial charge in [0.2, 0.25) is 0 Å². The number of hydrogen-bond donors (Lipinski definition) is 2. The van der Waals surface area contributed by atoms with E-state index in [2.05, 4.69) is 10.1 Å². The van der Waals surface area contributed by atoms with Crippen molar-refractivity contribution < 1.29 is 15.0 Å². The van der Waals surface area contributed by atoms with Crippen molar-refractivity contribution in [1.82, 2.24) is 14.8 Å². The smallest absolute Gasteiger partial charge is 0.312 e. The van der Waals surface area contributed by atoms with E-state index >= 15 is 0 Å². The molecule has 122 valence electrons. The Kier molecular flexibility index (Phi) is 3.93. The molecule has 2 aromatic rings. The Balaban J connectivity index is 1.93. The normalized spacial score (nSPS) is 30.4. The molecule has 0 radical (unpaired) electrons. The highest BCUT2D eigenvalue weighted by Gasteiger charge is 2.61. The monoisotopic (exact) mass is 315 g/mol. The van der Waals surface area contributed by atoms with Crippen molar-refractivity contribution in [3.63, 3.8) is 0 Å². The molecule has 0 spiro atoms. The van der Waals surface area contributed by atoms with Crippen LogP contribution in [0.4, 0.5) is 0 Å². The third kappa shape index (κ3) is 2.63. The van der Waals surface area contributed by atoms with Crippen molar-refractivity contribution in [2.75, 3.05) is 0 Å². The van der Waals surface area contributed by atoms with Crippen molar-refractivity contribution in [3.8, 4) is 0 Å². The van der Waals surface area contributed by atoms with Crippen LogP contribution in [-0.4, -0.2) is 36.5 Å². The Hall–Kier alpha value is -2.21. The van der Waals surface area contributed by atoms with E-state index in [1.807, 2.05) is 30.3 Å². The minimum atomic E-state index is -1.37. The maximum Gasteiger partial charge on any atom is 0.312 e. The van der Waals surface area contributed by atoms with Crippen molar-refractivity contribution in [3.05, 3.63) is 48.5 Å². The minimum absolute atomic E-state index is 0.132. The molecule has 0 bridgehead atoms. The lowest BCUT2D eigenvalue weighted by atomic mass is 9.71. The van der Waals surface area contributed by atoms with E-state index in [0.29, 0.717) is 19.3 Å². The van der Waals surface area contributed by atoms with E-state index in [1.54, 1.807) is 6.92 Å². The summed E-state index contributed by atoms with van der Waals surface area (Å²) in [7, 11) is 0. The molecule has 3 rings (SSSR count). The molecule has 1 fully saturated rings.